The molecule has 0 amide bonds. The Kier molecular flexibility index (Phi) is 6.14. The van der Waals surface area contributed by atoms with Crippen molar-refractivity contribution in [2.24, 2.45) is 11.7 Å². The van der Waals surface area contributed by atoms with Gasteiger partial charge in [-0.1, -0.05) is 31.1 Å². The molecule has 0 spiro atoms. The molecule has 4 atom stereocenters. The minimum atomic E-state index is -0.495. The molecule has 0 bridgehead atoms. The quantitative estimate of drug-likeness (QED) is 0.446. The summed E-state index contributed by atoms with van der Waals surface area (Å²) in [5.74, 6) is 0.424. The molecule has 1 aromatic rings. The van der Waals surface area contributed by atoms with Crippen LogP contribution in [-0.4, -0.2) is 29.2 Å². The molecular weight excluding hydrogens is 366 g/mol. The number of fused-ring (bicyclic) bond motifs is 1. The Morgan fingerprint density at radius 2 is 2.24 bits per heavy atom. The normalized spacial score (nSPS) is 25.3. The molecule has 0 fully saturated rings. The lowest BCUT2D eigenvalue weighted by Crippen LogP contribution is -2.48. The van der Waals surface area contributed by atoms with E-state index >= 15 is 0 Å². The molecule has 3 unspecified atom stereocenters. The number of nitrogens with two attached hydrogens (primary N) is 1. The van der Waals surface area contributed by atoms with Crippen molar-refractivity contribution in [2.45, 2.75) is 57.0 Å². The minimum Gasteiger partial charge on any atom is -0.469 e. The van der Waals surface area contributed by atoms with Gasteiger partial charge in [0.2, 0.25) is 6.23 Å². The van der Waals surface area contributed by atoms with Crippen LogP contribution in [0.25, 0.3) is 12.2 Å². The lowest BCUT2D eigenvalue weighted by molar-refractivity contribution is -0.127. The minimum absolute atomic E-state index is 0.0185. The summed E-state index contributed by atoms with van der Waals surface area (Å²) in [4.78, 5) is 16.3. The number of pyridine rings is 1. The highest BCUT2D eigenvalue weighted by Crippen LogP contribution is 2.20. The van der Waals surface area contributed by atoms with Crippen LogP contribution in [0.15, 0.2) is 42.7 Å². The van der Waals surface area contributed by atoms with Gasteiger partial charge in [0.15, 0.2) is 5.78 Å². The third-order valence-electron chi connectivity index (χ3n) is 5.67. The van der Waals surface area contributed by atoms with Crippen molar-refractivity contribution in [1.29, 1.82) is 0 Å². The molecule has 7 nitrogen and oxygen atoms in total. The van der Waals surface area contributed by atoms with E-state index in [2.05, 4.69) is 45.4 Å². The summed E-state index contributed by atoms with van der Waals surface area (Å²) >= 11 is 0. The Balaban J connectivity index is 1.16. The zero-order valence-corrected chi connectivity index (χ0v) is 16.5. The molecule has 0 saturated heterocycles. The van der Waals surface area contributed by atoms with E-state index in [1.165, 1.54) is 17.2 Å². The number of hydrogen-bond acceptors (Lipinski definition) is 7. The highest BCUT2D eigenvalue weighted by atomic mass is 16.5. The van der Waals surface area contributed by atoms with Crippen LogP contribution >= 0.6 is 0 Å². The van der Waals surface area contributed by atoms with Crippen molar-refractivity contribution in [3.8, 4) is 0 Å². The van der Waals surface area contributed by atoms with Crippen LogP contribution in [0.3, 0.4) is 0 Å². The number of nitrogens with zero attached hydrogens (tertiary/aromatic N) is 1. The van der Waals surface area contributed by atoms with Crippen molar-refractivity contribution >= 4 is 17.9 Å². The van der Waals surface area contributed by atoms with Gasteiger partial charge in [-0.2, -0.15) is 0 Å². The number of rotatable bonds is 9. The van der Waals surface area contributed by atoms with Gasteiger partial charge in [0.25, 0.3) is 0 Å². The van der Waals surface area contributed by atoms with E-state index in [0.717, 1.165) is 37.5 Å². The number of carbonyl (C=O) groups excluding carboxylic acids is 1. The molecule has 0 aromatic carbocycles. The topological polar surface area (TPSA) is 101 Å². The lowest BCUT2D eigenvalue weighted by Gasteiger charge is -2.23. The molecule has 0 radical (unpaired) electrons. The maximum absolute atomic E-state index is 11.9. The zero-order chi connectivity index (χ0) is 20.1. The van der Waals surface area contributed by atoms with E-state index in [1.54, 1.807) is 6.20 Å². The molecule has 154 valence electrons. The Labute approximate surface area is 170 Å². The number of unbranched alkanes of at least 4 members (excludes halogenated alkanes) is 2. The lowest BCUT2D eigenvalue weighted by atomic mass is 9.96. The second kappa shape index (κ2) is 9.13. The third kappa shape index (κ3) is 4.79. The maximum atomic E-state index is 11.9. The van der Waals surface area contributed by atoms with E-state index in [0.29, 0.717) is 12.3 Å². The van der Waals surface area contributed by atoms with Gasteiger partial charge in [0.05, 0.1) is 5.35 Å². The summed E-state index contributed by atoms with van der Waals surface area (Å²) in [5.41, 5.74) is 7.58. The van der Waals surface area contributed by atoms with Crippen LogP contribution in [0.5, 0.6) is 0 Å². The van der Waals surface area contributed by atoms with Gasteiger partial charge in [-0.05, 0) is 30.5 Å². The summed E-state index contributed by atoms with van der Waals surface area (Å²) in [6.07, 6.45) is 16.3. The Morgan fingerprint density at radius 3 is 3.10 bits per heavy atom. The fourth-order valence-corrected chi connectivity index (χ4v) is 3.98. The van der Waals surface area contributed by atoms with Gasteiger partial charge in [-0.25, -0.2) is 0 Å². The molecule has 4 rings (SSSR count). The van der Waals surface area contributed by atoms with Crippen molar-refractivity contribution in [3.63, 3.8) is 0 Å². The van der Waals surface area contributed by atoms with Crippen LogP contribution < -0.4 is 32.3 Å². The van der Waals surface area contributed by atoms with E-state index in [1.807, 2.05) is 12.3 Å². The number of carbonyl (C=O) groups is 1. The molecular formula is C22H29N5O2. The first-order valence-electron chi connectivity index (χ1n) is 10.4. The van der Waals surface area contributed by atoms with Crippen LogP contribution in [0.1, 0.15) is 38.5 Å². The summed E-state index contributed by atoms with van der Waals surface area (Å²) < 4.78 is 5.17. The summed E-state index contributed by atoms with van der Waals surface area (Å²) in [6, 6.07) is 4.10. The Bertz CT molecular complexity index is 902. The second-order valence-electron chi connectivity index (χ2n) is 7.79. The molecule has 2 aliphatic heterocycles. The summed E-state index contributed by atoms with van der Waals surface area (Å²) in [5, 5.41) is 12.1. The van der Waals surface area contributed by atoms with Crippen LogP contribution in [0.2, 0.25) is 0 Å². The van der Waals surface area contributed by atoms with Crippen LogP contribution in [0.4, 0.5) is 0 Å². The molecule has 1 aliphatic carbocycles. The van der Waals surface area contributed by atoms with Gasteiger partial charge in [0.1, 0.15) is 12.4 Å². The van der Waals surface area contributed by atoms with Crippen molar-refractivity contribution in [1.82, 2.24) is 20.9 Å². The molecule has 5 N–H and O–H groups in total. The average molecular weight is 396 g/mol. The number of ether oxygens (including phenoxy) is 1. The van der Waals surface area contributed by atoms with E-state index in [9.17, 15) is 4.79 Å². The van der Waals surface area contributed by atoms with Gasteiger partial charge in [-0.15, -0.1) is 0 Å². The number of aromatic nitrogens is 1. The molecule has 3 aliphatic rings. The standard InChI is InChI=1S/C22H29N5O2/c23-17(6-2-1-3-7-20(28)22-25-11-12-29-22)21-26-14-19(27-21)16-8-9-18-15(13-16)5-4-10-24-18/h4-5,9-14,16-17,21-22,25-27H,1-3,6-8,23H2/t16?,17-,21?,22?/m0/s1. The molecule has 1 aromatic heterocycles. The highest BCUT2D eigenvalue weighted by molar-refractivity contribution is 5.83. The average Bonchev–Trinajstić information content (AvgIpc) is 3.45. The van der Waals surface area contributed by atoms with Crippen LogP contribution in [-0.2, 0) is 9.53 Å². The summed E-state index contributed by atoms with van der Waals surface area (Å²) in [7, 11) is 0. The smallest absolute Gasteiger partial charge is 0.228 e. The monoisotopic (exact) mass is 395 g/mol. The third-order valence-corrected chi connectivity index (χ3v) is 5.67. The zero-order valence-electron chi connectivity index (χ0n) is 16.5. The number of hydrogen-bond donors (Lipinski definition) is 4. The van der Waals surface area contributed by atoms with Crippen molar-refractivity contribution < 1.29 is 9.53 Å². The molecule has 3 heterocycles. The van der Waals surface area contributed by atoms with Crippen molar-refractivity contribution in [2.75, 3.05) is 0 Å². The highest BCUT2D eigenvalue weighted by Gasteiger charge is 2.25. The summed E-state index contributed by atoms with van der Waals surface area (Å²) in [6.45, 7) is 0. The molecule has 0 saturated carbocycles. The van der Waals surface area contributed by atoms with E-state index < -0.39 is 6.23 Å². The largest absolute Gasteiger partial charge is 0.469 e. The first kappa shape index (κ1) is 19.5. The van der Waals surface area contributed by atoms with Gasteiger partial charge in [-0.3, -0.25) is 9.78 Å². The fourth-order valence-electron chi connectivity index (χ4n) is 3.98. The number of nitrogens with one attached hydrogen (secondary N) is 3. The van der Waals surface area contributed by atoms with E-state index in [-0.39, 0.29) is 18.0 Å². The predicted octanol–water partition coefficient (Wildman–Crippen LogP) is 0.287. The number of ketones is 1. The SMILES string of the molecule is N[C@@H](CCCCCC(=O)C1NC=CO1)C1NC=C(C2C=c3cccnc3=CC2)N1. The Morgan fingerprint density at radius 1 is 1.31 bits per heavy atom. The molecule has 7 heteroatoms. The van der Waals surface area contributed by atoms with Crippen LogP contribution in [0, 0.1) is 5.92 Å². The second-order valence-corrected chi connectivity index (χ2v) is 7.79. The first-order chi connectivity index (χ1) is 14.2. The van der Waals surface area contributed by atoms with Gasteiger partial charge >= 0.3 is 0 Å². The number of Topliss-reactive ketones (excluding diaryl/α,β-unsaturated/α-hetero) is 1. The van der Waals surface area contributed by atoms with Gasteiger partial charge in [0, 0.05) is 42.7 Å². The Hall–Kier alpha value is -2.80. The molecule has 29 heavy (non-hydrogen) atoms. The predicted molar refractivity (Wildman–Crippen MR) is 112 cm³/mol. The van der Waals surface area contributed by atoms with Gasteiger partial charge < -0.3 is 26.4 Å². The maximum Gasteiger partial charge on any atom is 0.228 e. The van der Waals surface area contributed by atoms with E-state index in [4.69, 9.17) is 10.5 Å². The first-order valence-corrected chi connectivity index (χ1v) is 10.4. The number of allylic oxidation sites excluding steroid dienone is 1. The fraction of sp³-hybridized carbons (Fsp3) is 0.455. The van der Waals surface area contributed by atoms with Crippen molar-refractivity contribution in [3.05, 3.63) is 53.3 Å².